The topological polar surface area (TPSA) is 79.3 Å². The van der Waals surface area contributed by atoms with E-state index in [0.717, 1.165) is 16.1 Å². The van der Waals surface area contributed by atoms with E-state index in [1.165, 1.54) is 11.3 Å². The summed E-state index contributed by atoms with van der Waals surface area (Å²) in [5.74, 6) is -1.83. The Morgan fingerprint density at radius 3 is 2.39 bits per heavy atom. The number of carbonyl (C=O) groups is 2. The van der Waals surface area contributed by atoms with Crippen LogP contribution in [0.4, 0.5) is 0 Å². The van der Waals surface area contributed by atoms with Gasteiger partial charge in [-0.25, -0.2) is 4.98 Å². The molecule has 0 aliphatic heterocycles. The zero-order valence-electron chi connectivity index (χ0n) is 13.4. The van der Waals surface area contributed by atoms with E-state index >= 15 is 0 Å². The Kier molecular flexibility index (Phi) is 5.50. The van der Waals surface area contributed by atoms with Crippen molar-refractivity contribution in [1.82, 2.24) is 10.3 Å². The Morgan fingerprint density at radius 1 is 1.22 bits per heavy atom. The Labute approximate surface area is 139 Å². The highest BCUT2D eigenvalue weighted by Crippen LogP contribution is 2.17. The van der Waals surface area contributed by atoms with Gasteiger partial charge in [-0.1, -0.05) is 29.8 Å². The first-order chi connectivity index (χ1) is 10.9. The maximum Gasteiger partial charge on any atom is 0.308 e. The van der Waals surface area contributed by atoms with Gasteiger partial charge in [-0.2, -0.15) is 0 Å². The van der Waals surface area contributed by atoms with Crippen LogP contribution < -0.4 is 5.32 Å². The van der Waals surface area contributed by atoms with Crippen LogP contribution in [0.2, 0.25) is 0 Å². The number of aryl methyl sites for hydroxylation is 3. The van der Waals surface area contributed by atoms with Crippen LogP contribution in [0.1, 0.15) is 31.5 Å². The number of carboxylic acids is 1. The number of carboxylic acid groups (broad SMARTS) is 1. The number of nitrogens with one attached hydrogen (secondary N) is 1. The van der Waals surface area contributed by atoms with Crippen LogP contribution in [0.25, 0.3) is 0 Å². The van der Waals surface area contributed by atoms with Crippen molar-refractivity contribution in [2.24, 2.45) is 5.92 Å². The predicted molar refractivity (Wildman–Crippen MR) is 89.9 cm³/mol. The van der Waals surface area contributed by atoms with Crippen molar-refractivity contribution in [3.63, 3.8) is 0 Å². The molecular formula is C17H20N2O3S. The van der Waals surface area contributed by atoms with Crippen LogP contribution in [0.15, 0.2) is 24.3 Å². The smallest absolute Gasteiger partial charge is 0.308 e. The summed E-state index contributed by atoms with van der Waals surface area (Å²) in [6.07, 6.45) is 0.386. The van der Waals surface area contributed by atoms with Crippen molar-refractivity contribution in [3.05, 3.63) is 51.0 Å². The van der Waals surface area contributed by atoms with Gasteiger partial charge in [0, 0.05) is 6.54 Å². The summed E-state index contributed by atoms with van der Waals surface area (Å²) in [6.45, 7) is 5.70. The number of nitrogens with zero attached hydrogens (tertiary/aromatic N) is 1. The van der Waals surface area contributed by atoms with Crippen molar-refractivity contribution >= 4 is 23.2 Å². The maximum atomic E-state index is 12.2. The SMILES string of the molecule is Cc1ccc(C[C@@H](CNC(=O)c2sc(C)nc2C)C(=O)O)cc1. The lowest BCUT2D eigenvalue weighted by molar-refractivity contribution is -0.141. The van der Waals surface area contributed by atoms with Crippen LogP contribution in [-0.4, -0.2) is 28.5 Å². The largest absolute Gasteiger partial charge is 0.481 e. The molecule has 0 aliphatic rings. The highest BCUT2D eigenvalue weighted by Gasteiger charge is 2.21. The van der Waals surface area contributed by atoms with E-state index < -0.39 is 11.9 Å². The average Bonchev–Trinajstić information content (AvgIpc) is 2.83. The molecule has 1 amide bonds. The van der Waals surface area contributed by atoms with Crippen LogP contribution in [-0.2, 0) is 11.2 Å². The Balaban J connectivity index is 1.99. The molecule has 0 spiro atoms. The van der Waals surface area contributed by atoms with E-state index in [4.69, 9.17) is 0 Å². The molecule has 0 saturated heterocycles. The second kappa shape index (κ2) is 7.37. The molecule has 2 N–H and O–H groups in total. The van der Waals surface area contributed by atoms with Gasteiger partial charge in [-0.05, 0) is 32.8 Å². The third kappa shape index (κ3) is 4.63. The van der Waals surface area contributed by atoms with Crippen LogP contribution in [0.5, 0.6) is 0 Å². The standard InChI is InChI=1S/C17H20N2O3S/c1-10-4-6-13(7-5-10)8-14(17(21)22)9-18-16(20)15-11(2)19-12(3)23-15/h4-7,14H,8-9H2,1-3H3,(H,18,20)(H,21,22)/t14-/m0/s1. The molecule has 2 aromatic rings. The lowest BCUT2D eigenvalue weighted by atomic mass is 9.98. The first kappa shape index (κ1) is 17.1. The normalized spacial score (nSPS) is 12.0. The molecule has 1 atom stereocenters. The third-order valence-electron chi connectivity index (χ3n) is 3.57. The molecule has 2 rings (SSSR count). The minimum Gasteiger partial charge on any atom is -0.481 e. The van der Waals surface area contributed by atoms with Gasteiger partial charge >= 0.3 is 5.97 Å². The molecule has 0 fully saturated rings. The predicted octanol–water partition coefficient (Wildman–Crippen LogP) is 2.74. The van der Waals surface area contributed by atoms with Gasteiger partial charge in [-0.3, -0.25) is 9.59 Å². The summed E-state index contributed by atoms with van der Waals surface area (Å²) in [7, 11) is 0. The number of hydrogen-bond donors (Lipinski definition) is 2. The Morgan fingerprint density at radius 2 is 1.87 bits per heavy atom. The van der Waals surface area contributed by atoms with E-state index in [-0.39, 0.29) is 12.5 Å². The quantitative estimate of drug-likeness (QED) is 0.852. The van der Waals surface area contributed by atoms with Gasteiger partial charge in [0.2, 0.25) is 0 Å². The molecule has 6 heteroatoms. The molecule has 122 valence electrons. The van der Waals surface area contributed by atoms with Crippen LogP contribution in [0, 0.1) is 26.7 Å². The zero-order valence-corrected chi connectivity index (χ0v) is 14.2. The summed E-state index contributed by atoms with van der Waals surface area (Å²) in [4.78, 5) is 28.4. The summed E-state index contributed by atoms with van der Waals surface area (Å²) < 4.78 is 0. The molecule has 1 aromatic heterocycles. The van der Waals surface area contributed by atoms with Gasteiger partial charge in [0.1, 0.15) is 4.88 Å². The first-order valence-electron chi connectivity index (χ1n) is 7.37. The monoisotopic (exact) mass is 332 g/mol. The fourth-order valence-electron chi connectivity index (χ4n) is 2.29. The fourth-order valence-corrected chi connectivity index (χ4v) is 3.13. The van der Waals surface area contributed by atoms with Gasteiger partial charge in [0.05, 0.1) is 16.6 Å². The van der Waals surface area contributed by atoms with Gasteiger partial charge < -0.3 is 10.4 Å². The highest BCUT2D eigenvalue weighted by molar-refractivity contribution is 7.13. The van der Waals surface area contributed by atoms with Crippen molar-refractivity contribution in [3.8, 4) is 0 Å². The van der Waals surface area contributed by atoms with Crippen molar-refractivity contribution in [1.29, 1.82) is 0 Å². The second-order valence-corrected chi connectivity index (χ2v) is 6.79. The van der Waals surface area contributed by atoms with E-state index in [0.29, 0.717) is 17.0 Å². The number of aliphatic carboxylic acids is 1. The Hall–Kier alpha value is -2.21. The van der Waals surface area contributed by atoms with Crippen LogP contribution in [0.3, 0.4) is 0 Å². The van der Waals surface area contributed by atoms with E-state index in [1.807, 2.05) is 38.1 Å². The third-order valence-corrected chi connectivity index (χ3v) is 4.64. The molecule has 5 nitrogen and oxygen atoms in total. The molecule has 23 heavy (non-hydrogen) atoms. The highest BCUT2D eigenvalue weighted by atomic mass is 32.1. The molecule has 0 unspecified atom stereocenters. The van der Waals surface area contributed by atoms with Crippen molar-refractivity contribution in [2.45, 2.75) is 27.2 Å². The summed E-state index contributed by atoms with van der Waals surface area (Å²) >= 11 is 1.32. The minimum atomic E-state index is -0.914. The van der Waals surface area contributed by atoms with Gasteiger partial charge in [0.15, 0.2) is 0 Å². The maximum absolute atomic E-state index is 12.2. The van der Waals surface area contributed by atoms with Gasteiger partial charge in [-0.15, -0.1) is 11.3 Å². The minimum absolute atomic E-state index is 0.0957. The van der Waals surface area contributed by atoms with E-state index in [9.17, 15) is 14.7 Å². The average molecular weight is 332 g/mol. The number of hydrogen-bond acceptors (Lipinski definition) is 4. The van der Waals surface area contributed by atoms with Crippen molar-refractivity contribution < 1.29 is 14.7 Å². The van der Waals surface area contributed by atoms with Crippen molar-refractivity contribution in [2.75, 3.05) is 6.54 Å². The number of rotatable bonds is 6. The van der Waals surface area contributed by atoms with Gasteiger partial charge in [0.25, 0.3) is 5.91 Å². The molecule has 0 aliphatic carbocycles. The van der Waals surface area contributed by atoms with E-state index in [1.54, 1.807) is 6.92 Å². The molecule has 0 bridgehead atoms. The number of amides is 1. The molecule has 1 heterocycles. The Bertz CT molecular complexity index is 707. The zero-order chi connectivity index (χ0) is 17.0. The number of thiazole rings is 1. The second-order valence-electron chi connectivity index (χ2n) is 5.58. The molecule has 1 aromatic carbocycles. The summed E-state index contributed by atoms with van der Waals surface area (Å²) in [5, 5.41) is 12.9. The fraction of sp³-hybridized carbons (Fsp3) is 0.353. The molecular weight excluding hydrogens is 312 g/mol. The van der Waals surface area contributed by atoms with Crippen LogP contribution >= 0.6 is 11.3 Å². The summed E-state index contributed by atoms with van der Waals surface area (Å²) in [6, 6.07) is 7.75. The number of carbonyl (C=O) groups excluding carboxylic acids is 1. The lowest BCUT2D eigenvalue weighted by Crippen LogP contribution is -2.34. The lowest BCUT2D eigenvalue weighted by Gasteiger charge is -2.13. The van der Waals surface area contributed by atoms with E-state index in [2.05, 4.69) is 10.3 Å². The number of aromatic nitrogens is 1. The molecule has 0 radical (unpaired) electrons. The number of benzene rings is 1. The summed E-state index contributed by atoms with van der Waals surface area (Å²) in [5.41, 5.74) is 2.75. The first-order valence-corrected chi connectivity index (χ1v) is 8.19. The molecule has 0 saturated carbocycles.